The van der Waals surface area contributed by atoms with Gasteiger partial charge in [-0.25, -0.2) is 0 Å². The minimum atomic E-state index is -0.590. The summed E-state index contributed by atoms with van der Waals surface area (Å²) in [7, 11) is 0. The van der Waals surface area contributed by atoms with Crippen LogP contribution in [-0.4, -0.2) is 14.9 Å². The summed E-state index contributed by atoms with van der Waals surface area (Å²) in [6.07, 6.45) is 0. The second kappa shape index (κ2) is 7.47. The van der Waals surface area contributed by atoms with Crippen LogP contribution in [0.15, 0.2) is 54.6 Å². The van der Waals surface area contributed by atoms with Crippen LogP contribution in [0.3, 0.4) is 0 Å². The van der Waals surface area contributed by atoms with Gasteiger partial charge in [0.2, 0.25) is 17.6 Å². The van der Waals surface area contributed by atoms with E-state index in [4.69, 9.17) is 5.73 Å². The molecule has 0 aliphatic heterocycles. The number of nitrogens with one attached hydrogen (secondary N) is 2. The second-order valence-corrected chi connectivity index (χ2v) is 5.72. The molecule has 0 bridgehead atoms. The second-order valence-electron chi connectivity index (χ2n) is 5.72. The van der Waals surface area contributed by atoms with E-state index in [1.54, 1.807) is 0 Å². The Morgan fingerprint density at radius 1 is 1.08 bits per heavy atom. The van der Waals surface area contributed by atoms with Gasteiger partial charge in [-0.05, 0) is 24.6 Å². The molecule has 2 aromatic carbocycles. The third-order valence-electron chi connectivity index (χ3n) is 3.70. The predicted molar refractivity (Wildman–Crippen MR) is 101 cm³/mol. The molecule has 3 rings (SSSR count). The van der Waals surface area contributed by atoms with Crippen LogP contribution in [0.4, 0.5) is 29.0 Å². The summed E-state index contributed by atoms with van der Waals surface area (Å²) in [5.41, 5.74) is 8.23. The number of anilines is 4. The monoisotopic (exact) mass is 350 g/mol. The molecule has 26 heavy (non-hydrogen) atoms. The number of nitrogens with two attached hydrogens (primary N) is 1. The van der Waals surface area contributed by atoms with Gasteiger partial charge in [0.25, 0.3) is 0 Å². The number of aromatic nitrogens is 2. The Labute approximate surface area is 150 Å². The predicted octanol–water partition coefficient (Wildman–Crippen LogP) is 3.63. The summed E-state index contributed by atoms with van der Waals surface area (Å²) in [6, 6.07) is 17.1. The van der Waals surface area contributed by atoms with E-state index in [0.29, 0.717) is 12.2 Å². The first-order valence-electron chi connectivity index (χ1n) is 7.96. The smallest absolute Gasteiger partial charge is 0.353 e. The largest absolute Gasteiger partial charge is 0.378 e. The average molecular weight is 350 g/mol. The first-order valence-corrected chi connectivity index (χ1v) is 7.96. The summed E-state index contributed by atoms with van der Waals surface area (Å²) in [4.78, 5) is 19.0. The Hall–Kier alpha value is -3.68. The van der Waals surface area contributed by atoms with Crippen LogP contribution >= 0.6 is 0 Å². The molecule has 8 nitrogen and oxygen atoms in total. The molecule has 0 aliphatic rings. The first kappa shape index (κ1) is 17.2. The van der Waals surface area contributed by atoms with Crippen molar-refractivity contribution in [3.8, 4) is 0 Å². The van der Waals surface area contributed by atoms with E-state index >= 15 is 0 Å². The molecule has 0 atom stereocenters. The fourth-order valence-electron chi connectivity index (χ4n) is 2.37. The first-order chi connectivity index (χ1) is 12.5. The molecule has 0 saturated heterocycles. The van der Waals surface area contributed by atoms with Gasteiger partial charge < -0.3 is 16.4 Å². The summed E-state index contributed by atoms with van der Waals surface area (Å²) in [5.74, 6) is 0.0589. The lowest BCUT2D eigenvalue weighted by atomic mass is 10.2. The fraction of sp³-hybridized carbons (Fsp3) is 0.111. The average Bonchev–Trinajstić information content (AvgIpc) is 2.62. The van der Waals surface area contributed by atoms with Crippen LogP contribution in [0.1, 0.15) is 11.1 Å². The number of benzene rings is 2. The maximum Gasteiger partial charge on any atom is 0.353 e. The number of nitrogens with zero attached hydrogens (tertiary/aromatic N) is 3. The number of hydrogen-bond donors (Lipinski definition) is 3. The van der Waals surface area contributed by atoms with E-state index in [1.807, 2.05) is 61.5 Å². The van der Waals surface area contributed by atoms with E-state index < -0.39 is 4.92 Å². The minimum absolute atomic E-state index is 0.0434. The normalized spacial score (nSPS) is 10.3. The van der Waals surface area contributed by atoms with Crippen LogP contribution in [0.5, 0.6) is 0 Å². The molecule has 3 aromatic rings. The lowest BCUT2D eigenvalue weighted by Gasteiger charge is -2.11. The Morgan fingerprint density at radius 3 is 2.42 bits per heavy atom. The van der Waals surface area contributed by atoms with Crippen molar-refractivity contribution >= 4 is 29.0 Å². The van der Waals surface area contributed by atoms with Gasteiger partial charge in [-0.2, -0.15) is 9.97 Å². The molecule has 8 heteroatoms. The SMILES string of the molecule is Cc1ccc(Nc2nc(NCc3ccccc3)nc(N)c2[N+](=O)[O-])cc1. The van der Waals surface area contributed by atoms with Gasteiger partial charge in [-0.3, -0.25) is 10.1 Å². The van der Waals surface area contributed by atoms with Crippen molar-refractivity contribution in [2.24, 2.45) is 0 Å². The molecule has 0 spiro atoms. The van der Waals surface area contributed by atoms with Gasteiger partial charge in [0.05, 0.1) is 4.92 Å². The summed E-state index contributed by atoms with van der Waals surface area (Å²) in [6.45, 7) is 2.43. The van der Waals surface area contributed by atoms with E-state index in [1.165, 1.54) is 0 Å². The molecule has 1 aromatic heterocycles. The van der Waals surface area contributed by atoms with E-state index in [-0.39, 0.29) is 23.3 Å². The molecule has 1 heterocycles. The molecule has 0 radical (unpaired) electrons. The fourth-order valence-corrected chi connectivity index (χ4v) is 2.37. The van der Waals surface area contributed by atoms with Crippen molar-refractivity contribution in [1.29, 1.82) is 0 Å². The van der Waals surface area contributed by atoms with Crippen LogP contribution in [-0.2, 0) is 6.54 Å². The summed E-state index contributed by atoms with van der Waals surface area (Å²) >= 11 is 0. The number of hydrogen-bond acceptors (Lipinski definition) is 7. The van der Waals surface area contributed by atoms with Crippen molar-refractivity contribution in [3.05, 3.63) is 75.8 Å². The zero-order chi connectivity index (χ0) is 18.5. The third-order valence-corrected chi connectivity index (χ3v) is 3.70. The van der Waals surface area contributed by atoms with Crippen molar-refractivity contribution in [2.75, 3.05) is 16.4 Å². The molecule has 0 saturated carbocycles. The highest BCUT2D eigenvalue weighted by atomic mass is 16.6. The minimum Gasteiger partial charge on any atom is -0.378 e. The van der Waals surface area contributed by atoms with Crippen LogP contribution < -0.4 is 16.4 Å². The van der Waals surface area contributed by atoms with Gasteiger partial charge in [0.15, 0.2) is 0 Å². The van der Waals surface area contributed by atoms with E-state index in [0.717, 1.165) is 11.1 Å². The van der Waals surface area contributed by atoms with Gasteiger partial charge in [0, 0.05) is 12.2 Å². The lowest BCUT2D eigenvalue weighted by Crippen LogP contribution is -2.10. The number of nitrogen functional groups attached to an aromatic ring is 1. The molecule has 0 aliphatic carbocycles. The topological polar surface area (TPSA) is 119 Å². The number of rotatable bonds is 6. The van der Waals surface area contributed by atoms with Crippen LogP contribution in [0.2, 0.25) is 0 Å². The van der Waals surface area contributed by atoms with Gasteiger partial charge >= 0.3 is 5.69 Å². The summed E-state index contributed by atoms with van der Waals surface area (Å²) in [5, 5.41) is 17.3. The highest BCUT2D eigenvalue weighted by molar-refractivity contribution is 5.74. The standard InChI is InChI=1S/C18H18N6O2/c1-12-7-9-14(10-8-12)21-17-15(24(25)26)16(19)22-18(23-17)20-11-13-5-3-2-4-6-13/h2-10H,11H2,1H3,(H4,19,20,21,22,23). The van der Waals surface area contributed by atoms with Gasteiger partial charge in [-0.15, -0.1) is 0 Å². The number of aryl methyl sites for hydroxylation is 1. The number of nitro groups is 1. The molecular formula is C18H18N6O2. The Bertz CT molecular complexity index is 913. The molecular weight excluding hydrogens is 332 g/mol. The van der Waals surface area contributed by atoms with Crippen molar-refractivity contribution < 1.29 is 4.92 Å². The molecule has 0 unspecified atom stereocenters. The lowest BCUT2D eigenvalue weighted by molar-refractivity contribution is -0.383. The highest BCUT2D eigenvalue weighted by Gasteiger charge is 2.23. The third kappa shape index (κ3) is 4.04. The maximum atomic E-state index is 11.4. The van der Waals surface area contributed by atoms with Crippen LogP contribution in [0, 0.1) is 17.0 Å². The van der Waals surface area contributed by atoms with Crippen molar-refractivity contribution in [3.63, 3.8) is 0 Å². The van der Waals surface area contributed by atoms with Crippen molar-refractivity contribution in [2.45, 2.75) is 13.5 Å². The Morgan fingerprint density at radius 2 is 1.77 bits per heavy atom. The van der Waals surface area contributed by atoms with E-state index in [9.17, 15) is 10.1 Å². The van der Waals surface area contributed by atoms with Crippen LogP contribution in [0.25, 0.3) is 0 Å². The zero-order valence-corrected chi connectivity index (χ0v) is 14.1. The zero-order valence-electron chi connectivity index (χ0n) is 14.1. The van der Waals surface area contributed by atoms with Crippen molar-refractivity contribution in [1.82, 2.24) is 9.97 Å². The molecule has 132 valence electrons. The Kier molecular flexibility index (Phi) is 4.93. The highest BCUT2D eigenvalue weighted by Crippen LogP contribution is 2.31. The maximum absolute atomic E-state index is 11.4. The van der Waals surface area contributed by atoms with Gasteiger partial charge in [-0.1, -0.05) is 48.0 Å². The quantitative estimate of drug-likeness (QED) is 0.459. The molecule has 0 fully saturated rings. The Balaban J connectivity index is 1.88. The molecule has 4 N–H and O–H groups in total. The summed E-state index contributed by atoms with van der Waals surface area (Å²) < 4.78 is 0. The van der Waals surface area contributed by atoms with E-state index in [2.05, 4.69) is 20.6 Å². The molecule has 0 amide bonds. The van der Waals surface area contributed by atoms with Gasteiger partial charge in [0.1, 0.15) is 0 Å².